The Hall–Kier alpha value is -3.07. The molecule has 6 nitrogen and oxygen atoms in total. The average molecular weight is 295 g/mol. The van der Waals surface area contributed by atoms with E-state index in [0.29, 0.717) is 22.7 Å². The molecule has 3 rings (SSSR count). The summed E-state index contributed by atoms with van der Waals surface area (Å²) in [6.07, 6.45) is 1.52. The maximum absolute atomic E-state index is 12.2. The van der Waals surface area contributed by atoms with Gasteiger partial charge in [0.2, 0.25) is 0 Å². The zero-order valence-electron chi connectivity index (χ0n) is 12.1. The maximum Gasteiger partial charge on any atom is 0.298 e. The van der Waals surface area contributed by atoms with Crippen LogP contribution in [-0.4, -0.2) is 21.2 Å². The van der Waals surface area contributed by atoms with Crippen LogP contribution in [0.5, 0.6) is 11.5 Å². The molecule has 1 aromatic carbocycles. The molecule has 0 saturated heterocycles. The van der Waals surface area contributed by atoms with Crippen LogP contribution in [0.1, 0.15) is 25.0 Å². The van der Waals surface area contributed by atoms with E-state index < -0.39 is 11.3 Å². The first-order valence-electron chi connectivity index (χ1n) is 6.66. The van der Waals surface area contributed by atoms with E-state index in [1.165, 1.54) is 16.8 Å². The Balaban J connectivity index is 2.30. The molecule has 0 aliphatic carbocycles. The summed E-state index contributed by atoms with van der Waals surface area (Å²) in [5, 5.41) is 18.7. The van der Waals surface area contributed by atoms with Crippen molar-refractivity contribution in [3.8, 4) is 17.6 Å². The number of pyridine rings is 1. The minimum absolute atomic E-state index is 0.337. The Morgan fingerprint density at radius 3 is 2.86 bits per heavy atom. The summed E-state index contributed by atoms with van der Waals surface area (Å²) >= 11 is 0. The van der Waals surface area contributed by atoms with E-state index in [1.807, 2.05) is 6.07 Å². The molecule has 2 aromatic rings. The molecule has 22 heavy (non-hydrogen) atoms. The number of aromatic hydroxyl groups is 1. The molecule has 110 valence electrons. The Morgan fingerprint density at radius 2 is 2.14 bits per heavy atom. The van der Waals surface area contributed by atoms with Gasteiger partial charge in [0.05, 0.1) is 17.2 Å². The van der Waals surface area contributed by atoms with Gasteiger partial charge in [-0.05, 0) is 44.2 Å². The molecule has 0 radical (unpaired) electrons. The number of nitrogens with zero attached hydrogens (tertiary/aromatic N) is 3. The summed E-state index contributed by atoms with van der Waals surface area (Å²) in [6.45, 7) is 3.53. The number of benzene rings is 1. The van der Waals surface area contributed by atoms with Crippen LogP contribution in [0.3, 0.4) is 0 Å². The van der Waals surface area contributed by atoms with Crippen molar-refractivity contribution in [1.82, 2.24) is 4.57 Å². The summed E-state index contributed by atoms with van der Waals surface area (Å²) in [4.78, 5) is 16.6. The SMILES string of the molecule is CC1(C)N=C(n2cccc(O)c2=O)c2cc(C#N)ccc2O1. The fourth-order valence-electron chi connectivity index (χ4n) is 2.30. The zero-order chi connectivity index (χ0) is 15.9. The quantitative estimate of drug-likeness (QED) is 0.803. The van der Waals surface area contributed by atoms with Crippen molar-refractivity contribution in [3.05, 3.63) is 58.0 Å². The second-order valence-corrected chi connectivity index (χ2v) is 5.38. The van der Waals surface area contributed by atoms with Gasteiger partial charge in [0.15, 0.2) is 11.5 Å². The number of hydrogen-bond acceptors (Lipinski definition) is 5. The molecule has 0 atom stereocenters. The highest BCUT2D eigenvalue weighted by Crippen LogP contribution is 2.31. The first kappa shape index (κ1) is 13.9. The lowest BCUT2D eigenvalue weighted by molar-refractivity contribution is 0.114. The van der Waals surface area contributed by atoms with Crippen LogP contribution in [-0.2, 0) is 0 Å². The number of nitriles is 1. The fraction of sp³-hybridized carbons (Fsp3) is 0.188. The fourth-order valence-corrected chi connectivity index (χ4v) is 2.30. The first-order valence-corrected chi connectivity index (χ1v) is 6.66. The third kappa shape index (κ3) is 2.23. The molecule has 0 unspecified atom stereocenters. The Morgan fingerprint density at radius 1 is 1.36 bits per heavy atom. The molecule has 1 aliphatic rings. The van der Waals surface area contributed by atoms with Crippen molar-refractivity contribution < 1.29 is 9.84 Å². The molecule has 1 aliphatic heterocycles. The smallest absolute Gasteiger partial charge is 0.298 e. The molecule has 0 spiro atoms. The van der Waals surface area contributed by atoms with Gasteiger partial charge in [0, 0.05) is 6.20 Å². The third-order valence-electron chi connectivity index (χ3n) is 3.24. The summed E-state index contributed by atoms with van der Waals surface area (Å²) in [5.74, 6) is 0.501. The van der Waals surface area contributed by atoms with Crippen LogP contribution in [0.2, 0.25) is 0 Å². The van der Waals surface area contributed by atoms with Gasteiger partial charge in [-0.3, -0.25) is 9.36 Å². The average Bonchev–Trinajstić information content (AvgIpc) is 2.48. The van der Waals surface area contributed by atoms with Gasteiger partial charge in [-0.15, -0.1) is 0 Å². The molecule has 0 bridgehead atoms. The molecule has 2 heterocycles. The Kier molecular flexibility index (Phi) is 2.99. The minimum Gasteiger partial charge on any atom is -0.503 e. The van der Waals surface area contributed by atoms with E-state index in [0.717, 1.165) is 0 Å². The van der Waals surface area contributed by atoms with Crippen molar-refractivity contribution >= 4 is 5.84 Å². The Labute approximate surface area is 126 Å². The first-order chi connectivity index (χ1) is 10.4. The Bertz CT molecular complexity index is 888. The van der Waals surface area contributed by atoms with Gasteiger partial charge in [0.1, 0.15) is 11.6 Å². The normalized spacial score (nSPS) is 15.2. The molecular formula is C16H13N3O3. The largest absolute Gasteiger partial charge is 0.503 e. The molecule has 0 amide bonds. The van der Waals surface area contributed by atoms with Gasteiger partial charge >= 0.3 is 0 Å². The van der Waals surface area contributed by atoms with Crippen molar-refractivity contribution in [1.29, 1.82) is 5.26 Å². The topological polar surface area (TPSA) is 87.6 Å². The summed E-state index contributed by atoms with van der Waals surface area (Å²) in [6, 6.07) is 9.85. The maximum atomic E-state index is 12.2. The van der Waals surface area contributed by atoms with E-state index >= 15 is 0 Å². The van der Waals surface area contributed by atoms with Crippen LogP contribution in [0.15, 0.2) is 46.3 Å². The van der Waals surface area contributed by atoms with Crippen LogP contribution in [0.4, 0.5) is 0 Å². The van der Waals surface area contributed by atoms with E-state index in [2.05, 4.69) is 4.99 Å². The zero-order valence-corrected chi connectivity index (χ0v) is 12.1. The second-order valence-electron chi connectivity index (χ2n) is 5.38. The predicted molar refractivity (Wildman–Crippen MR) is 80.2 cm³/mol. The molecule has 1 N–H and O–H groups in total. The predicted octanol–water partition coefficient (Wildman–Crippen LogP) is 1.85. The number of aromatic nitrogens is 1. The van der Waals surface area contributed by atoms with Crippen LogP contribution < -0.4 is 10.3 Å². The molecule has 6 heteroatoms. The number of fused-ring (bicyclic) bond motifs is 1. The van der Waals surface area contributed by atoms with Crippen LogP contribution in [0.25, 0.3) is 0 Å². The van der Waals surface area contributed by atoms with Gasteiger partial charge in [0.25, 0.3) is 5.56 Å². The van der Waals surface area contributed by atoms with Crippen molar-refractivity contribution in [2.24, 2.45) is 4.99 Å². The van der Waals surface area contributed by atoms with Crippen LogP contribution in [0, 0.1) is 11.3 Å². The lowest BCUT2D eigenvalue weighted by atomic mass is 10.1. The monoisotopic (exact) mass is 295 g/mol. The lowest BCUT2D eigenvalue weighted by Gasteiger charge is -2.30. The molecule has 0 saturated carbocycles. The summed E-state index contributed by atoms with van der Waals surface area (Å²) in [7, 11) is 0. The van der Waals surface area contributed by atoms with Crippen molar-refractivity contribution in [3.63, 3.8) is 0 Å². The van der Waals surface area contributed by atoms with Crippen molar-refractivity contribution in [2.75, 3.05) is 0 Å². The van der Waals surface area contributed by atoms with E-state index in [9.17, 15) is 9.90 Å². The number of rotatable bonds is 0. The number of hydrogen-bond donors (Lipinski definition) is 1. The lowest BCUT2D eigenvalue weighted by Crippen LogP contribution is -2.37. The van der Waals surface area contributed by atoms with Gasteiger partial charge in [-0.2, -0.15) is 5.26 Å². The van der Waals surface area contributed by atoms with E-state index in [4.69, 9.17) is 10.00 Å². The highest BCUT2D eigenvalue weighted by atomic mass is 16.5. The van der Waals surface area contributed by atoms with Gasteiger partial charge in [-0.25, -0.2) is 4.99 Å². The second kappa shape index (κ2) is 4.74. The van der Waals surface area contributed by atoms with Gasteiger partial charge < -0.3 is 9.84 Å². The van der Waals surface area contributed by atoms with Crippen LogP contribution >= 0.6 is 0 Å². The highest BCUT2D eigenvalue weighted by Gasteiger charge is 2.29. The van der Waals surface area contributed by atoms with E-state index in [-0.39, 0.29) is 5.75 Å². The molecule has 1 aromatic heterocycles. The molecular weight excluding hydrogens is 282 g/mol. The van der Waals surface area contributed by atoms with Crippen molar-refractivity contribution in [2.45, 2.75) is 19.6 Å². The molecule has 0 fully saturated rings. The standard InChI is InChI=1S/C16H13N3O3/c1-16(2)18-14(19-7-3-4-12(20)15(19)21)11-8-10(9-17)5-6-13(11)22-16/h3-8,20H,1-2H3. The van der Waals surface area contributed by atoms with E-state index in [1.54, 1.807) is 38.1 Å². The highest BCUT2D eigenvalue weighted by molar-refractivity contribution is 6.03. The third-order valence-corrected chi connectivity index (χ3v) is 3.24. The number of ether oxygens (including phenoxy) is 1. The number of aliphatic imine (C=N–C) groups is 1. The summed E-state index contributed by atoms with van der Waals surface area (Å²) < 4.78 is 7.02. The van der Waals surface area contributed by atoms with Gasteiger partial charge in [-0.1, -0.05) is 0 Å². The minimum atomic E-state index is -0.860. The summed E-state index contributed by atoms with van der Waals surface area (Å²) in [5.41, 5.74) is -0.470.